The number of ether oxygens (including phenoxy) is 1. The van der Waals surface area contributed by atoms with Crippen molar-refractivity contribution in [3.63, 3.8) is 0 Å². The molecule has 3 rings (SSSR count). The number of anilines is 2. The van der Waals surface area contributed by atoms with Crippen molar-refractivity contribution < 1.29 is 9.53 Å². The Bertz CT molecular complexity index is 1080. The van der Waals surface area contributed by atoms with Gasteiger partial charge in [-0.1, -0.05) is 103 Å². The van der Waals surface area contributed by atoms with Crippen molar-refractivity contribution >= 4 is 17.5 Å². The number of hydrogen-bond acceptors (Lipinski definition) is 2. The largest absolute Gasteiger partial charge is 0.445 e. The topological polar surface area (TPSA) is 29.5 Å². The molecule has 3 aromatic carbocycles. The standard InChI is InChI=1S/C30H35NO2/c1-8-21-33-28(32)31(27-19-15-25(16-20-27)30(5,6)7)26-17-11-23(12-18-26)22-9-13-24(14-10-22)29(2,3)4/h8-20H,1,21H2,2-7H3. The molecule has 33 heavy (non-hydrogen) atoms. The first-order chi connectivity index (χ1) is 15.5. The van der Waals surface area contributed by atoms with E-state index in [0.717, 1.165) is 22.5 Å². The van der Waals surface area contributed by atoms with Crippen molar-refractivity contribution in [3.05, 3.63) is 96.6 Å². The highest BCUT2D eigenvalue weighted by Crippen LogP contribution is 2.32. The highest BCUT2D eigenvalue weighted by atomic mass is 16.6. The van der Waals surface area contributed by atoms with Crippen LogP contribution >= 0.6 is 0 Å². The Morgan fingerprint density at radius 3 is 1.48 bits per heavy atom. The van der Waals surface area contributed by atoms with E-state index in [1.165, 1.54) is 11.1 Å². The van der Waals surface area contributed by atoms with E-state index in [-0.39, 0.29) is 17.4 Å². The minimum Gasteiger partial charge on any atom is -0.445 e. The molecule has 0 saturated carbocycles. The molecule has 0 saturated heterocycles. The van der Waals surface area contributed by atoms with Crippen molar-refractivity contribution in [1.82, 2.24) is 0 Å². The van der Waals surface area contributed by atoms with Crippen molar-refractivity contribution in [2.75, 3.05) is 11.5 Å². The van der Waals surface area contributed by atoms with Gasteiger partial charge in [0.05, 0.1) is 11.4 Å². The van der Waals surface area contributed by atoms with Crippen molar-refractivity contribution in [1.29, 1.82) is 0 Å². The van der Waals surface area contributed by atoms with Crippen molar-refractivity contribution in [3.8, 4) is 11.1 Å². The second kappa shape index (κ2) is 9.66. The van der Waals surface area contributed by atoms with Crippen molar-refractivity contribution in [2.24, 2.45) is 0 Å². The molecule has 0 bridgehead atoms. The van der Waals surface area contributed by atoms with Gasteiger partial charge in [-0.05, 0) is 57.3 Å². The molecule has 1 amide bonds. The molecular weight excluding hydrogens is 406 g/mol. The van der Waals surface area contributed by atoms with Crippen LogP contribution < -0.4 is 4.90 Å². The summed E-state index contributed by atoms with van der Waals surface area (Å²) in [5.41, 5.74) is 6.43. The number of nitrogens with zero attached hydrogens (tertiary/aromatic N) is 1. The highest BCUT2D eigenvalue weighted by molar-refractivity contribution is 5.96. The first-order valence-electron chi connectivity index (χ1n) is 11.4. The van der Waals surface area contributed by atoms with E-state index in [1.807, 2.05) is 36.4 Å². The SMILES string of the molecule is C=CCOC(=O)N(c1ccc(-c2ccc(C(C)(C)C)cc2)cc1)c1ccc(C(C)(C)C)cc1. The summed E-state index contributed by atoms with van der Waals surface area (Å²) in [7, 11) is 0. The predicted octanol–water partition coefficient (Wildman–Crippen LogP) is 8.41. The van der Waals surface area contributed by atoms with E-state index >= 15 is 0 Å². The van der Waals surface area contributed by atoms with E-state index in [1.54, 1.807) is 11.0 Å². The summed E-state index contributed by atoms with van der Waals surface area (Å²) in [4.78, 5) is 14.5. The molecule has 0 spiro atoms. The van der Waals surface area contributed by atoms with Gasteiger partial charge in [-0.3, -0.25) is 0 Å². The Morgan fingerprint density at radius 1 is 0.727 bits per heavy atom. The van der Waals surface area contributed by atoms with Gasteiger partial charge in [0.2, 0.25) is 0 Å². The van der Waals surface area contributed by atoms with Crippen LogP contribution in [0.3, 0.4) is 0 Å². The molecule has 3 aromatic rings. The van der Waals surface area contributed by atoms with Crippen LogP contribution in [0, 0.1) is 0 Å². The Morgan fingerprint density at radius 2 is 1.09 bits per heavy atom. The van der Waals surface area contributed by atoms with E-state index in [4.69, 9.17) is 4.74 Å². The molecule has 0 aliphatic heterocycles. The smallest absolute Gasteiger partial charge is 0.419 e. The predicted molar refractivity (Wildman–Crippen MR) is 139 cm³/mol. The molecule has 0 fully saturated rings. The Balaban J connectivity index is 1.92. The van der Waals surface area contributed by atoms with Crippen LogP contribution in [-0.4, -0.2) is 12.7 Å². The van der Waals surface area contributed by atoms with E-state index in [2.05, 4.69) is 84.5 Å². The number of hydrogen-bond donors (Lipinski definition) is 0. The van der Waals surface area contributed by atoms with Gasteiger partial charge in [-0.15, -0.1) is 0 Å². The number of carbonyl (C=O) groups excluding carboxylic acids is 1. The van der Waals surface area contributed by atoms with Crippen LogP contribution in [0.2, 0.25) is 0 Å². The molecular formula is C30H35NO2. The zero-order valence-corrected chi connectivity index (χ0v) is 20.7. The summed E-state index contributed by atoms with van der Waals surface area (Å²) in [6, 6.07) is 24.7. The fourth-order valence-electron chi connectivity index (χ4n) is 3.63. The van der Waals surface area contributed by atoms with Crippen molar-refractivity contribution in [2.45, 2.75) is 52.4 Å². The normalized spacial score (nSPS) is 11.7. The van der Waals surface area contributed by atoms with E-state index in [0.29, 0.717) is 0 Å². The lowest BCUT2D eigenvalue weighted by Crippen LogP contribution is -2.27. The third-order valence-corrected chi connectivity index (χ3v) is 5.71. The van der Waals surface area contributed by atoms with Crippen LogP contribution in [0.15, 0.2) is 85.5 Å². The molecule has 172 valence electrons. The first kappa shape index (κ1) is 24.3. The van der Waals surface area contributed by atoms with Gasteiger partial charge in [0.15, 0.2) is 0 Å². The molecule has 0 atom stereocenters. The van der Waals surface area contributed by atoms with Gasteiger partial charge in [0.1, 0.15) is 6.61 Å². The maximum Gasteiger partial charge on any atom is 0.419 e. The molecule has 0 N–H and O–H groups in total. The summed E-state index contributed by atoms with van der Waals surface area (Å²) in [6.45, 7) is 17.0. The zero-order valence-electron chi connectivity index (χ0n) is 20.7. The second-order valence-electron chi connectivity index (χ2n) is 10.4. The summed E-state index contributed by atoms with van der Waals surface area (Å²) in [5, 5.41) is 0. The fraction of sp³-hybridized carbons (Fsp3) is 0.300. The zero-order chi connectivity index (χ0) is 24.2. The molecule has 0 radical (unpaired) electrons. The lowest BCUT2D eigenvalue weighted by Gasteiger charge is -2.24. The number of benzene rings is 3. The maximum absolute atomic E-state index is 12.9. The van der Waals surface area contributed by atoms with Gasteiger partial charge < -0.3 is 4.74 Å². The third kappa shape index (κ3) is 5.92. The molecule has 0 aliphatic carbocycles. The van der Waals surface area contributed by atoms with Gasteiger partial charge in [0.25, 0.3) is 0 Å². The summed E-state index contributed by atoms with van der Waals surface area (Å²) in [5.74, 6) is 0. The van der Waals surface area contributed by atoms with E-state index in [9.17, 15) is 4.79 Å². The minimum atomic E-state index is -0.430. The quantitative estimate of drug-likeness (QED) is 0.372. The number of carbonyl (C=O) groups is 1. The van der Waals surface area contributed by atoms with Crippen LogP contribution in [0.25, 0.3) is 11.1 Å². The lowest BCUT2D eigenvalue weighted by atomic mass is 9.86. The van der Waals surface area contributed by atoms with Crippen LogP contribution in [-0.2, 0) is 15.6 Å². The lowest BCUT2D eigenvalue weighted by molar-refractivity contribution is 0.169. The molecule has 0 heterocycles. The van der Waals surface area contributed by atoms with Gasteiger partial charge in [-0.2, -0.15) is 0 Å². The number of amides is 1. The van der Waals surface area contributed by atoms with Gasteiger partial charge >= 0.3 is 6.09 Å². The van der Waals surface area contributed by atoms with Crippen LogP contribution in [0.1, 0.15) is 52.7 Å². The summed E-state index contributed by atoms with van der Waals surface area (Å²) in [6.07, 6.45) is 1.14. The minimum absolute atomic E-state index is 0.0386. The molecule has 0 aliphatic rings. The third-order valence-electron chi connectivity index (χ3n) is 5.71. The highest BCUT2D eigenvalue weighted by Gasteiger charge is 2.21. The molecule has 0 unspecified atom stereocenters. The molecule has 0 aromatic heterocycles. The summed E-state index contributed by atoms with van der Waals surface area (Å²) >= 11 is 0. The average Bonchev–Trinajstić information content (AvgIpc) is 2.77. The first-order valence-corrected chi connectivity index (χ1v) is 11.4. The average molecular weight is 442 g/mol. The van der Waals surface area contributed by atoms with Gasteiger partial charge in [0, 0.05) is 0 Å². The number of rotatable bonds is 5. The Hall–Kier alpha value is -3.33. The van der Waals surface area contributed by atoms with Gasteiger partial charge in [-0.25, -0.2) is 9.69 Å². The second-order valence-corrected chi connectivity index (χ2v) is 10.4. The summed E-state index contributed by atoms with van der Waals surface area (Å²) < 4.78 is 5.39. The van der Waals surface area contributed by atoms with E-state index < -0.39 is 6.09 Å². The van der Waals surface area contributed by atoms with Crippen LogP contribution in [0.5, 0.6) is 0 Å². The monoisotopic (exact) mass is 441 g/mol. The van der Waals surface area contributed by atoms with Crippen LogP contribution in [0.4, 0.5) is 16.2 Å². The molecule has 3 nitrogen and oxygen atoms in total. The Kier molecular flexibility index (Phi) is 7.12. The fourth-order valence-corrected chi connectivity index (χ4v) is 3.63. The maximum atomic E-state index is 12.9. The molecule has 3 heteroatoms. The Labute approximate surface area is 198 Å².